The summed E-state index contributed by atoms with van der Waals surface area (Å²) in [4.78, 5) is 23.2. The van der Waals surface area contributed by atoms with Crippen LogP contribution >= 0.6 is 0 Å². The average molecular weight is 322 g/mol. The third kappa shape index (κ3) is 8.86. The lowest BCUT2D eigenvalue weighted by atomic mass is 10.1. The highest BCUT2D eigenvalue weighted by Crippen LogP contribution is 2.17. The Hall–Kier alpha value is -2.04. The first-order valence-corrected chi connectivity index (χ1v) is 7.66. The summed E-state index contributed by atoms with van der Waals surface area (Å²) >= 11 is 0. The molecule has 0 unspecified atom stereocenters. The van der Waals surface area contributed by atoms with Gasteiger partial charge in [-0.05, 0) is 65.7 Å². The second kappa shape index (κ2) is 7.49. The Bertz CT molecular complexity index is 532. The van der Waals surface area contributed by atoms with Gasteiger partial charge in [0.1, 0.15) is 17.0 Å². The Balaban J connectivity index is 2.48. The number of aryl methyl sites for hydroxylation is 1. The summed E-state index contributed by atoms with van der Waals surface area (Å²) in [6.45, 7) is 10.8. The number of ether oxygens (including phenoxy) is 3. The molecule has 1 rings (SSSR count). The van der Waals surface area contributed by atoms with Crippen LogP contribution in [-0.4, -0.2) is 23.3 Å². The van der Waals surface area contributed by atoms with Crippen LogP contribution in [0.5, 0.6) is 5.75 Å². The van der Waals surface area contributed by atoms with Crippen molar-refractivity contribution in [1.82, 2.24) is 0 Å². The van der Waals surface area contributed by atoms with Crippen molar-refractivity contribution in [1.29, 1.82) is 0 Å². The Morgan fingerprint density at radius 2 is 1.39 bits per heavy atom. The Kier molecular flexibility index (Phi) is 6.19. The standard InChI is InChI=1S/C18H26O5/c1-17(2,3)22-15(19)12-9-13-7-10-14(11-8-13)21-16(20)23-18(4,5)6/h7-8,10-11H,9,12H2,1-6H3. The van der Waals surface area contributed by atoms with Crippen LogP contribution in [0.1, 0.15) is 53.5 Å². The molecular formula is C18H26O5. The molecule has 23 heavy (non-hydrogen) atoms. The molecule has 0 heterocycles. The van der Waals surface area contributed by atoms with E-state index in [1.54, 1.807) is 32.9 Å². The molecule has 128 valence electrons. The summed E-state index contributed by atoms with van der Waals surface area (Å²) < 4.78 is 15.4. The molecular weight excluding hydrogens is 296 g/mol. The number of benzene rings is 1. The predicted octanol–water partition coefficient (Wildman–Crippen LogP) is 4.27. The summed E-state index contributed by atoms with van der Waals surface area (Å²) in [6, 6.07) is 6.97. The van der Waals surface area contributed by atoms with Crippen molar-refractivity contribution in [3.63, 3.8) is 0 Å². The van der Waals surface area contributed by atoms with Crippen molar-refractivity contribution >= 4 is 12.1 Å². The van der Waals surface area contributed by atoms with Gasteiger partial charge in [0.15, 0.2) is 0 Å². The molecule has 0 saturated carbocycles. The van der Waals surface area contributed by atoms with E-state index in [0.717, 1.165) is 5.56 Å². The van der Waals surface area contributed by atoms with Crippen LogP contribution in [0.25, 0.3) is 0 Å². The minimum atomic E-state index is -0.737. The highest BCUT2D eigenvalue weighted by Gasteiger charge is 2.18. The first-order valence-electron chi connectivity index (χ1n) is 7.66. The van der Waals surface area contributed by atoms with Gasteiger partial charge >= 0.3 is 12.1 Å². The summed E-state index contributed by atoms with van der Waals surface area (Å²) in [7, 11) is 0. The Labute approximate surface area is 137 Å². The van der Waals surface area contributed by atoms with Crippen LogP contribution in [0.3, 0.4) is 0 Å². The van der Waals surface area contributed by atoms with Crippen LogP contribution in [0.2, 0.25) is 0 Å². The smallest absolute Gasteiger partial charge is 0.460 e. The fourth-order valence-electron chi connectivity index (χ4n) is 1.73. The quantitative estimate of drug-likeness (QED) is 0.612. The highest BCUT2D eigenvalue weighted by atomic mass is 16.7. The lowest BCUT2D eigenvalue weighted by Gasteiger charge is -2.19. The molecule has 0 aliphatic rings. The lowest BCUT2D eigenvalue weighted by Crippen LogP contribution is -2.25. The fraction of sp³-hybridized carbons (Fsp3) is 0.556. The van der Waals surface area contributed by atoms with Gasteiger partial charge in [0, 0.05) is 6.42 Å². The maximum absolute atomic E-state index is 11.7. The second-order valence-electron chi connectivity index (χ2n) is 7.30. The monoisotopic (exact) mass is 322 g/mol. The molecule has 0 aromatic heterocycles. The molecule has 1 aromatic rings. The van der Waals surface area contributed by atoms with E-state index >= 15 is 0 Å². The first-order chi connectivity index (χ1) is 10.4. The van der Waals surface area contributed by atoms with Crippen LogP contribution in [-0.2, 0) is 20.7 Å². The SMILES string of the molecule is CC(C)(C)OC(=O)CCc1ccc(OC(=O)OC(C)(C)C)cc1. The summed E-state index contributed by atoms with van der Waals surface area (Å²) in [6.07, 6.45) is 0.143. The molecule has 1 aromatic carbocycles. The number of esters is 1. The summed E-state index contributed by atoms with van der Waals surface area (Å²) in [5.74, 6) is 0.173. The van der Waals surface area contributed by atoms with Gasteiger partial charge in [-0.2, -0.15) is 0 Å². The number of carbonyl (C=O) groups excluding carboxylic acids is 2. The van der Waals surface area contributed by atoms with Gasteiger partial charge in [-0.3, -0.25) is 4.79 Å². The third-order valence-corrected chi connectivity index (χ3v) is 2.55. The van der Waals surface area contributed by atoms with E-state index in [4.69, 9.17) is 14.2 Å². The third-order valence-electron chi connectivity index (χ3n) is 2.55. The topological polar surface area (TPSA) is 61.8 Å². The Morgan fingerprint density at radius 1 is 0.870 bits per heavy atom. The van der Waals surface area contributed by atoms with E-state index in [1.165, 1.54) is 0 Å². The minimum absolute atomic E-state index is 0.230. The van der Waals surface area contributed by atoms with Gasteiger partial charge in [-0.1, -0.05) is 12.1 Å². The van der Waals surface area contributed by atoms with Gasteiger partial charge in [-0.15, -0.1) is 0 Å². The molecule has 0 saturated heterocycles. The molecule has 0 amide bonds. The molecule has 0 fully saturated rings. The zero-order chi connectivity index (χ0) is 17.7. The molecule has 5 nitrogen and oxygen atoms in total. The Morgan fingerprint density at radius 3 is 1.87 bits per heavy atom. The maximum atomic E-state index is 11.7. The van der Waals surface area contributed by atoms with Crippen LogP contribution < -0.4 is 4.74 Å². The van der Waals surface area contributed by atoms with E-state index in [2.05, 4.69) is 0 Å². The van der Waals surface area contributed by atoms with Crippen LogP contribution in [0.15, 0.2) is 24.3 Å². The molecule has 0 radical (unpaired) electrons. The van der Waals surface area contributed by atoms with Crippen molar-refractivity contribution in [3.8, 4) is 5.75 Å². The molecule has 0 N–H and O–H groups in total. The van der Waals surface area contributed by atoms with Crippen LogP contribution in [0.4, 0.5) is 4.79 Å². The van der Waals surface area contributed by atoms with Gasteiger partial charge in [-0.25, -0.2) is 4.79 Å². The van der Waals surface area contributed by atoms with E-state index in [1.807, 2.05) is 32.9 Å². The predicted molar refractivity (Wildman–Crippen MR) is 87.5 cm³/mol. The molecule has 0 atom stereocenters. The summed E-state index contributed by atoms with van der Waals surface area (Å²) in [5, 5.41) is 0. The average Bonchev–Trinajstić information content (AvgIpc) is 2.33. The van der Waals surface area contributed by atoms with Crippen molar-refractivity contribution in [3.05, 3.63) is 29.8 Å². The highest BCUT2D eigenvalue weighted by molar-refractivity contribution is 5.70. The minimum Gasteiger partial charge on any atom is -0.460 e. The zero-order valence-electron chi connectivity index (χ0n) is 14.8. The normalized spacial score (nSPS) is 11.7. The fourth-order valence-corrected chi connectivity index (χ4v) is 1.73. The molecule has 0 spiro atoms. The van der Waals surface area contributed by atoms with Crippen LogP contribution in [0, 0.1) is 0 Å². The van der Waals surface area contributed by atoms with E-state index < -0.39 is 17.4 Å². The van der Waals surface area contributed by atoms with E-state index in [-0.39, 0.29) is 5.97 Å². The van der Waals surface area contributed by atoms with E-state index in [0.29, 0.717) is 18.6 Å². The number of hydrogen-bond acceptors (Lipinski definition) is 5. The zero-order valence-corrected chi connectivity index (χ0v) is 14.8. The molecule has 0 aliphatic heterocycles. The van der Waals surface area contributed by atoms with Crippen molar-refractivity contribution < 1.29 is 23.8 Å². The van der Waals surface area contributed by atoms with Gasteiger partial charge in [0.2, 0.25) is 0 Å². The summed E-state index contributed by atoms with van der Waals surface area (Å²) in [5.41, 5.74) is -0.0977. The first kappa shape index (κ1) is 19.0. The number of rotatable bonds is 4. The van der Waals surface area contributed by atoms with Gasteiger partial charge < -0.3 is 14.2 Å². The van der Waals surface area contributed by atoms with Gasteiger partial charge in [0.25, 0.3) is 0 Å². The lowest BCUT2D eigenvalue weighted by molar-refractivity contribution is -0.154. The second-order valence-corrected chi connectivity index (χ2v) is 7.30. The largest absolute Gasteiger partial charge is 0.514 e. The molecule has 0 aliphatic carbocycles. The van der Waals surface area contributed by atoms with E-state index in [9.17, 15) is 9.59 Å². The van der Waals surface area contributed by atoms with Gasteiger partial charge in [0.05, 0.1) is 0 Å². The molecule has 0 bridgehead atoms. The van der Waals surface area contributed by atoms with Crippen molar-refractivity contribution in [2.24, 2.45) is 0 Å². The van der Waals surface area contributed by atoms with Crippen molar-refractivity contribution in [2.75, 3.05) is 0 Å². The number of carbonyl (C=O) groups is 2. The van der Waals surface area contributed by atoms with Crippen molar-refractivity contribution in [2.45, 2.75) is 65.6 Å². The number of hydrogen-bond donors (Lipinski definition) is 0. The molecule has 5 heteroatoms. The maximum Gasteiger partial charge on any atom is 0.514 e.